The van der Waals surface area contributed by atoms with Crippen molar-refractivity contribution in [1.82, 2.24) is 9.38 Å². The molecule has 0 aliphatic carbocycles. The Morgan fingerprint density at radius 1 is 1.57 bits per heavy atom. The highest BCUT2D eigenvalue weighted by Crippen LogP contribution is 2.17. The van der Waals surface area contributed by atoms with Crippen molar-refractivity contribution in [3.05, 3.63) is 34.2 Å². The van der Waals surface area contributed by atoms with Gasteiger partial charge in [0.2, 0.25) is 0 Å². The maximum absolute atomic E-state index is 10.8. The van der Waals surface area contributed by atoms with Crippen molar-refractivity contribution in [2.45, 2.75) is 6.92 Å². The quantitative estimate of drug-likeness (QED) is 0.848. The second kappa shape index (κ2) is 3.09. The molecule has 0 aliphatic rings. The average Bonchev–Trinajstić information content (AvgIpc) is 2.47. The second-order valence-corrected chi connectivity index (χ2v) is 3.87. The number of halogens is 1. The highest BCUT2D eigenvalue weighted by Gasteiger charge is 2.11. The van der Waals surface area contributed by atoms with E-state index < -0.39 is 5.97 Å². The fraction of sp³-hybridized carbons (Fsp3) is 0.111. The molecule has 2 heterocycles. The molecular formula is C9H7BrN2O2. The van der Waals surface area contributed by atoms with E-state index in [-0.39, 0.29) is 5.69 Å². The van der Waals surface area contributed by atoms with Crippen LogP contribution in [0.2, 0.25) is 0 Å². The van der Waals surface area contributed by atoms with Crippen LogP contribution in [0, 0.1) is 6.92 Å². The average molecular weight is 255 g/mol. The number of carboxylic acid groups (broad SMARTS) is 1. The molecule has 2 rings (SSSR count). The van der Waals surface area contributed by atoms with Crippen LogP contribution in [0.25, 0.3) is 5.65 Å². The summed E-state index contributed by atoms with van der Waals surface area (Å²) in [6.45, 7) is 1.84. The highest BCUT2D eigenvalue weighted by atomic mass is 79.9. The van der Waals surface area contributed by atoms with Crippen LogP contribution in [0.5, 0.6) is 0 Å². The van der Waals surface area contributed by atoms with Crippen LogP contribution in [0.1, 0.15) is 16.2 Å². The standard InChI is InChI=1S/C9H7BrN2O2/c1-5-2-6(10)3-8-11-4-7(9(13)14)12(5)8/h2-4H,1H3,(H,13,14). The van der Waals surface area contributed by atoms with E-state index in [1.807, 2.05) is 13.0 Å². The molecule has 14 heavy (non-hydrogen) atoms. The number of pyridine rings is 1. The number of imidazole rings is 1. The second-order valence-electron chi connectivity index (χ2n) is 2.96. The zero-order valence-electron chi connectivity index (χ0n) is 7.36. The van der Waals surface area contributed by atoms with E-state index in [2.05, 4.69) is 20.9 Å². The summed E-state index contributed by atoms with van der Waals surface area (Å²) in [5.74, 6) is -0.970. The van der Waals surface area contributed by atoms with Crippen LogP contribution in [0.4, 0.5) is 0 Å². The highest BCUT2D eigenvalue weighted by molar-refractivity contribution is 9.10. The third kappa shape index (κ3) is 1.29. The van der Waals surface area contributed by atoms with Crippen molar-refractivity contribution in [3.63, 3.8) is 0 Å². The van der Waals surface area contributed by atoms with Gasteiger partial charge < -0.3 is 5.11 Å². The number of fused-ring (bicyclic) bond motifs is 1. The van der Waals surface area contributed by atoms with Gasteiger partial charge in [-0.05, 0) is 19.1 Å². The van der Waals surface area contributed by atoms with Gasteiger partial charge in [-0.2, -0.15) is 0 Å². The van der Waals surface area contributed by atoms with Gasteiger partial charge in [0.1, 0.15) is 5.65 Å². The van der Waals surface area contributed by atoms with Crippen molar-refractivity contribution in [1.29, 1.82) is 0 Å². The van der Waals surface area contributed by atoms with Crippen LogP contribution in [0.3, 0.4) is 0 Å². The SMILES string of the molecule is Cc1cc(Br)cc2ncc(C(=O)O)n12. The normalized spacial score (nSPS) is 10.7. The van der Waals surface area contributed by atoms with Gasteiger partial charge in [0, 0.05) is 10.2 Å². The Bertz CT molecular complexity index is 519. The van der Waals surface area contributed by atoms with Gasteiger partial charge in [0.05, 0.1) is 6.20 Å². The van der Waals surface area contributed by atoms with Crippen LogP contribution >= 0.6 is 15.9 Å². The first-order valence-electron chi connectivity index (χ1n) is 3.96. The summed E-state index contributed by atoms with van der Waals surface area (Å²) < 4.78 is 2.50. The molecule has 0 bridgehead atoms. The van der Waals surface area contributed by atoms with Crippen LogP contribution in [-0.2, 0) is 0 Å². The molecular weight excluding hydrogens is 248 g/mol. The molecule has 0 unspecified atom stereocenters. The Morgan fingerprint density at radius 2 is 2.29 bits per heavy atom. The smallest absolute Gasteiger partial charge is 0.354 e. The third-order valence-corrected chi connectivity index (χ3v) is 2.43. The molecule has 0 radical (unpaired) electrons. The Labute approximate surface area is 88.3 Å². The molecule has 2 aromatic rings. The van der Waals surface area contributed by atoms with Crippen molar-refractivity contribution in [2.75, 3.05) is 0 Å². The predicted molar refractivity (Wildman–Crippen MR) is 54.6 cm³/mol. The molecule has 2 aromatic heterocycles. The lowest BCUT2D eigenvalue weighted by atomic mass is 10.3. The Hall–Kier alpha value is -1.36. The van der Waals surface area contributed by atoms with Gasteiger partial charge in [-0.15, -0.1) is 0 Å². The minimum Gasteiger partial charge on any atom is -0.477 e. The number of carboxylic acids is 1. The molecule has 1 N–H and O–H groups in total. The summed E-state index contributed by atoms with van der Waals surface area (Å²) in [5.41, 5.74) is 1.66. The summed E-state index contributed by atoms with van der Waals surface area (Å²) in [6, 6.07) is 3.63. The summed E-state index contributed by atoms with van der Waals surface area (Å²) in [6.07, 6.45) is 1.36. The Morgan fingerprint density at radius 3 is 2.93 bits per heavy atom. The van der Waals surface area contributed by atoms with Crippen molar-refractivity contribution in [3.8, 4) is 0 Å². The Balaban J connectivity index is 2.85. The molecule has 0 saturated carbocycles. The summed E-state index contributed by atoms with van der Waals surface area (Å²) in [4.78, 5) is 14.9. The van der Waals surface area contributed by atoms with Crippen LogP contribution in [0.15, 0.2) is 22.8 Å². The number of rotatable bonds is 1. The minimum absolute atomic E-state index is 0.185. The number of carbonyl (C=O) groups is 1. The van der Waals surface area contributed by atoms with E-state index in [9.17, 15) is 4.79 Å². The molecule has 0 atom stereocenters. The number of aryl methyl sites for hydroxylation is 1. The fourth-order valence-corrected chi connectivity index (χ4v) is 1.95. The molecule has 4 nitrogen and oxygen atoms in total. The van der Waals surface area contributed by atoms with E-state index in [4.69, 9.17) is 5.11 Å². The molecule has 0 fully saturated rings. The lowest BCUT2D eigenvalue weighted by molar-refractivity contribution is 0.0689. The number of nitrogens with zero attached hydrogens (tertiary/aromatic N) is 2. The summed E-state index contributed by atoms with van der Waals surface area (Å²) >= 11 is 3.33. The number of aromatic carboxylic acids is 1. The van der Waals surface area contributed by atoms with E-state index in [1.54, 1.807) is 10.5 Å². The van der Waals surface area contributed by atoms with Gasteiger partial charge in [0.15, 0.2) is 5.69 Å². The maximum Gasteiger partial charge on any atom is 0.354 e. The van der Waals surface area contributed by atoms with E-state index >= 15 is 0 Å². The van der Waals surface area contributed by atoms with E-state index in [1.165, 1.54) is 6.20 Å². The van der Waals surface area contributed by atoms with Crippen LogP contribution in [-0.4, -0.2) is 20.5 Å². The van der Waals surface area contributed by atoms with Gasteiger partial charge in [-0.1, -0.05) is 15.9 Å². The number of hydrogen-bond acceptors (Lipinski definition) is 2. The topological polar surface area (TPSA) is 54.6 Å². The van der Waals surface area contributed by atoms with Gasteiger partial charge in [0.25, 0.3) is 0 Å². The monoisotopic (exact) mass is 254 g/mol. The molecule has 5 heteroatoms. The first-order valence-corrected chi connectivity index (χ1v) is 4.76. The number of aromatic nitrogens is 2. The lowest BCUT2D eigenvalue weighted by Crippen LogP contribution is -2.03. The van der Waals surface area contributed by atoms with Crippen LogP contribution < -0.4 is 0 Å². The molecule has 0 spiro atoms. The number of hydrogen-bond donors (Lipinski definition) is 1. The zero-order chi connectivity index (χ0) is 10.3. The van der Waals surface area contributed by atoms with Crippen molar-refractivity contribution >= 4 is 27.5 Å². The van der Waals surface area contributed by atoms with Crippen molar-refractivity contribution < 1.29 is 9.90 Å². The predicted octanol–water partition coefficient (Wildman–Crippen LogP) is 2.10. The third-order valence-electron chi connectivity index (χ3n) is 1.97. The van der Waals surface area contributed by atoms with Gasteiger partial charge in [-0.3, -0.25) is 4.40 Å². The summed E-state index contributed by atoms with van der Waals surface area (Å²) in [7, 11) is 0. The first-order chi connectivity index (χ1) is 6.59. The fourth-order valence-electron chi connectivity index (χ4n) is 1.42. The van der Waals surface area contributed by atoms with E-state index in [0.717, 1.165) is 10.2 Å². The first kappa shape index (κ1) is 9.21. The van der Waals surface area contributed by atoms with Gasteiger partial charge >= 0.3 is 5.97 Å². The zero-order valence-corrected chi connectivity index (χ0v) is 8.95. The molecule has 0 amide bonds. The summed E-state index contributed by atoms with van der Waals surface area (Å²) in [5, 5.41) is 8.89. The molecule has 0 saturated heterocycles. The maximum atomic E-state index is 10.8. The molecule has 72 valence electrons. The molecule has 0 aromatic carbocycles. The Kier molecular flexibility index (Phi) is 2.03. The molecule has 0 aliphatic heterocycles. The minimum atomic E-state index is -0.970. The largest absolute Gasteiger partial charge is 0.477 e. The lowest BCUT2D eigenvalue weighted by Gasteiger charge is -2.02. The van der Waals surface area contributed by atoms with Gasteiger partial charge in [-0.25, -0.2) is 9.78 Å². The van der Waals surface area contributed by atoms with E-state index in [0.29, 0.717) is 5.65 Å². The van der Waals surface area contributed by atoms with Crippen molar-refractivity contribution in [2.24, 2.45) is 0 Å².